The van der Waals surface area contributed by atoms with Gasteiger partial charge in [0.25, 0.3) is 11.8 Å². The lowest BCUT2D eigenvalue weighted by molar-refractivity contribution is -0.139. The van der Waals surface area contributed by atoms with Crippen molar-refractivity contribution in [2.75, 3.05) is 18.1 Å². The lowest BCUT2D eigenvalue weighted by Crippen LogP contribution is -2.43. The van der Waals surface area contributed by atoms with Gasteiger partial charge in [-0.3, -0.25) is 19.2 Å². The molecule has 34 heavy (non-hydrogen) atoms. The van der Waals surface area contributed by atoms with Crippen molar-refractivity contribution in [1.29, 1.82) is 0 Å². The SMILES string of the molecule is CC1C[C@H](N2CC(Oc3ccccc3Cl)=CC2=O)C(=O)N1c1ccn(C[C@@H]2COC(C)(C)O2)n1. The predicted octanol–water partition coefficient (Wildman–Crippen LogP) is 2.99. The van der Waals surface area contributed by atoms with Gasteiger partial charge in [0.2, 0.25) is 0 Å². The number of hydrogen-bond donors (Lipinski definition) is 0. The Kier molecular flexibility index (Phi) is 5.87. The molecule has 2 amide bonds. The third-order valence-corrected chi connectivity index (χ3v) is 6.52. The van der Waals surface area contributed by atoms with E-state index < -0.39 is 11.8 Å². The van der Waals surface area contributed by atoms with Crippen molar-refractivity contribution in [3.8, 4) is 5.75 Å². The average molecular weight is 487 g/mol. The van der Waals surface area contributed by atoms with Crippen LogP contribution in [0.25, 0.3) is 0 Å². The van der Waals surface area contributed by atoms with E-state index in [4.69, 9.17) is 25.8 Å². The van der Waals surface area contributed by atoms with E-state index in [1.54, 1.807) is 32.7 Å². The Labute approximate surface area is 202 Å². The van der Waals surface area contributed by atoms with Crippen LogP contribution in [0.4, 0.5) is 5.82 Å². The van der Waals surface area contributed by atoms with Gasteiger partial charge in [0, 0.05) is 24.4 Å². The van der Waals surface area contributed by atoms with Crippen LogP contribution in [-0.4, -0.2) is 63.6 Å². The number of rotatable bonds is 6. The molecule has 0 bridgehead atoms. The van der Waals surface area contributed by atoms with Crippen LogP contribution in [0, 0.1) is 0 Å². The Morgan fingerprint density at radius 3 is 2.76 bits per heavy atom. The summed E-state index contributed by atoms with van der Waals surface area (Å²) in [6.07, 6.45) is 3.66. The van der Waals surface area contributed by atoms with Crippen molar-refractivity contribution >= 4 is 29.2 Å². The van der Waals surface area contributed by atoms with E-state index in [-0.39, 0.29) is 30.5 Å². The van der Waals surface area contributed by atoms with Crippen molar-refractivity contribution in [1.82, 2.24) is 14.7 Å². The molecule has 0 N–H and O–H groups in total. The molecule has 9 nitrogen and oxygen atoms in total. The highest BCUT2D eigenvalue weighted by molar-refractivity contribution is 6.32. The van der Waals surface area contributed by atoms with Crippen LogP contribution < -0.4 is 9.64 Å². The van der Waals surface area contributed by atoms with Crippen molar-refractivity contribution in [3.63, 3.8) is 0 Å². The fourth-order valence-electron chi connectivity index (χ4n) is 4.66. The molecule has 180 valence electrons. The minimum Gasteiger partial charge on any atom is -0.458 e. The molecule has 0 spiro atoms. The molecule has 2 saturated heterocycles. The summed E-state index contributed by atoms with van der Waals surface area (Å²) in [6, 6.07) is 8.20. The van der Waals surface area contributed by atoms with Crippen LogP contribution in [-0.2, 0) is 25.6 Å². The molecule has 3 aliphatic rings. The zero-order valence-electron chi connectivity index (χ0n) is 19.3. The van der Waals surface area contributed by atoms with Crippen LogP contribution in [0.5, 0.6) is 5.75 Å². The normalized spacial score (nSPS) is 26.5. The molecule has 1 aromatic heterocycles. The third-order valence-electron chi connectivity index (χ3n) is 6.21. The predicted molar refractivity (Wildman–Crippen MR) is 124 cm³/mol. The van der Waals surface area contributed by atoms with Crippen LogP contribution >= 0.6 is 11.6 Å². The number of nitrogens with zero attached hydrogens (tertiary/aromatic N) is 4. The van der Waals surface area contributed by atoms with Crippen molar-refractivity contribution in [2.45, 2.75) is 57.7 Å². The van der Waals surface area contributed by atoms with Gasteiger partial charge in [-0.15, -0.1) is 0 Å². The number of halogens is 1. The summed E-state index contributed by atoms with van der Waals surface area (Å²) in [5, 5.41) is 5.05. The van der Waals surface area contributed by atoms with E-state index in [0.29, 0.717) is 41.9 Å². The number of benzene rings is 1. The highest BCUT2D eigenvalue weighted by Crippen LogP contribution is 2.32. The molecular weight excluding hydrogens is 460 g/mol. The summed E-state index contributed by atoms with van der Waals surface area (Å²) in [7, 11) is 0. The molecule has 3 aliphatic heterocycles. The fourth-order valence-corrected chi connectivity index (χ4v) is 4.83. The van der Waals surface area contributed by atoms with E-state index in [9.17, 15) is 9.59 Å². The smallest absolute Gasteiger partial charge is 0.251 e. The monoisotopic (exact) mass is 486 g/mol. The largest absolute Gasteiger partial charge is 0.458 e. The van der Waals surface area contributed by atoms with Crippen LogP contribution in [0.1, 0.15) is 27.2 Å². The van der Waals surface area contributed by atoms with E-state index in [2.05, 4.69) is 5.10 Å². The van der Waals surface area contributed by atoms with E-state index in [1.807, 2.05) is 39.1 Å². The van der Waals surface area contributed by atoms with E-state index in [1.165, 1.54) is 6.08 Å². The van der Waals surface area contributed by atoms with Gasteiger partial charge in [0.05, 0.1) is 24.7 Å². The summed E-state index contributed by atoms with van der Waals surface area (Å²) in [4.78, 5) is 29.3. The zero-order chi connectivity index (χ0) is 24.0. The first-order valence-corrected chi connectivity index (χ1v) is 11.7. The molecule has 1 aromatic carbocycles. The second kappa shape index (κ2) is 8.72. The van der Waals surface area contributed by atoms with Crippen LogP contribution in [0.15, 0.2) is 48.4 Å². The number of carbonyl (C=O) groups is 2. The number of aromatic nitrogens is 2. The maximum absolute atomic E-state index is 13.4. The second-order valence-electron chi connectivity index (χ2n) is 9.26. The number of ether oxygens (including phenoxy) is 3. The maximum atomic E-state index is 13.4. The van der Waals surface area contributed by atoms with Gasteiger partial charge in [0.1, 0.15) is 23.7 Å². The van der Waals surface area contributed by atoms with Crippen molar-refractivity contribution in [2.24, 2.45) is 0 Å². The van der Waals surface area contributed by atoms with Crippen molar-refractivity contribution in [3.05, 3.63) is 53.4 Å². The topological polar surface area (TPSA) is 86.1 Å². The van der Waals surface area contributed by atoms with E-state index in [0.717, 1.165) is 0 Å². The summed E-state index contributed by atoms with van der Waals surface area (Å²) in [5.74, 6) is 0.496. The van der Waals surface area contributed by atoms with Crippen molar-refractivity contribution < 1.29 is 23.8 Å². The Bertz CT molecular complexity index is 1150. The number of carbonyl (C=O) groups excluding carboxylic acids is 2. The molecule has 5 rings (SSSR count). The quantitative estimate of drug-likeness (QED) is 0.624. The van der Waals surface area contributed by atoms with Gasteiger partial charge in [-0.25, -0.2) is 0 Å². The first kappa shape index (κ1) is 22.9. The third kappa shape index (κ3) is 4.43. The Morgan fingerprint density at radius 2 is 2.03 bits per heavy atom. The van der Waals surface area contributed by atoms with Crippen LogP contribution in [0.2, 0.25) is 5.02 Å². The molecule has 10 heteroatoms. The van der Waals surface area contributed by atoms with Gasteiger partial charge in [-0.2, -0.15) is 5.10 Å². The standard InChI is InChI=1S/C24H27ClN4O5/c1-15-10-19(28-13-16(11-22(28)30)33-20-7-5-4-6-18(20)25)23(31)29(15)21-8-9-27(26-21)12-17-14-32-24(2,3)34-17/h4-9,11,15,17,19H,10,12-14H2,1-3H3/t15?,17-,19+/m1/s1. The second-order valence-corrected chi connectivity index (χ2v) is 9.67. The summed E-state index contributed by atoms with van der Waals surface area (Å²) >= 11 is 6.17. The molecule has 1 unspecified atom stereocenters. The Hall–Kier alpha value is -2.88. The highest BCUT2D eigenvalue weighted by Gasteiger charge is 2.45. The number of para-hydroxylation sites is 1. The molecule has 0 saturated carbocycles. The minimum absolute atomic E-state index is 0.104. The number of amides is 2. The van der Waals surface area contributed by atoms with Gasteiger partial charge < -0.3 is 19.1 Å². The molecule has 0 radical (unpaired) electrons. The molecule has 3 atom stereocenters. The summed E-state index contributed by atoms with van der Waals surface area (Å²) in [5.41, 5.74) is 0. The Morgan fingerprint density at radius 1 is 1.24 bits per heavy atom. The van der Waals surface area contributed by atoms with Gasteiger partial charge >= 0.3 is 0 Å². The van der Waals surface area contributed by atoms with E-state index >= 15 is 0 Å². The maximum Gasteiger partial charge on any atom is 0.251 e. The number of hydrogen-bond acceptors (Lipinski definition) is 6. The molecule has 0 aliphatic carbocycles. The highest BCUT2D eigenvalue weighted by atomic mass is 35.5. The fraction of sp³-hybridized carbons (Fsp3) is 0.458. The first-order chi connectivity index (χ1) is 16.2. The zero-order valence-corrected chi connectivity index (χ0v) is 20.1. The first-order valence-electron chi connectivity index (χ1n) is 11.3. The van der Waals surface area contributed by atoms with Gasteiger partial charge in [0.15, 0.2) is 11.6 Å². The summed E-state index contributed by atoms with van der Waals surface area (Å²) in [6.45, 7) is 6.95. The Balaban J connectivity index is 1.24. The summed E-state index contributed by atoms with van der Waals surface area (Å²) < 4.78 is 19.0. The van der Waals surface area contributed by atoms with Crippen LogP contribution in [0.3, 0.4) is 0 Å². The van der Waals surface area contributed by atoms with Gasteiger partial charge in [-0.05, 0) is 39.3 Å². The minimum atomic E-state index is -0.599. The molecule has 2 fully saturated rings. The molecule has 4 heterocycles. The molecular formula is C24H27ClN4O5. The average Bonchev–Trinajstić information content (AvgIpc) is 3.52. The number of anilines is 1. The van der Waals surface area contributed by atoms with Gasteiger partial charge in [-0.1, -0.05) is 23.7 Å². The molecule has 2 aromatic rings. The lowest BCUT2D eigenvalue weighted by Gasteiger charge is -2.23. The lowest BCUT2D eigenvalue weighted by atomic mass is 10.1.